The van der Waals surface area contributed by atoms with Gasteiger partial charge in [-0.3, -0.25) is 9.59 Å². The Morgan fingerprint density at radius 1 is 1.38 bits per heavy atom. The summed E-state index contributed by atoms with van der Waals surface area (Å²) in [5, 5.41) is 7.19. The van der Waals surface area contributed by atoms with E-state index in [0.29, 0.717) is 11.8 Å². The number of aromatic nitrogens is 2. The van der Waals surface area contributed by atoms with Gasteiger partial charge in [0.1, 0.15) is 0 Å². The zero-order valence-corrected chi connectivity index (χ0v) is 15.3. The Balaban J connectivity index is 1.71. The topological polar surface area (TPSA) is 73.2 Å². The maximum atomic E-state index is 12.5. The van der Waals surface area contributed by atoms with E-state index in [1.165, 1.54) is 6.07 Å². The van der Waals surface area contributed by atoms with Crippen LogP contribution in [0, 0.1) is 6.92 Å². The van der Waals surface area contributed by atoms with E-state index >= 15 is 0 Å². The maximum absolute atomic E-state index is 12.5. The van der Waals surface area contributed by atoms with Crippen LogP contribution in [-0.2, 0) is 4.74 Å². The van der Waals surface area contributed by atoms with Crippen LogP contribution in [0.15, 0.2) is 41.2 Å². The Kier molecular flexibility index (Phi) is 5.83. The van der Waals surface area contributed by atoms with Crippen LogP contribution in [0.2, 0.25) is 0 Å². The largest absolute Gasteiger partial charge is 0.378 e. The Bertz CT molecular complexity index is 811. The van der Waals surface area contributed by atoms with Crippen LogP contribution in [0.5, 0.6) is 0 Å². The van der Waals surface area contributed by atoms with Crippen LogP contribution in [-0.4, -0.2) is 34.4 Å². The predicted molar refractivity (Wildman–Crippen MR) is 99.7 cm³/mol. The lowest BCUT2D eigenvalue weighted by molar-refractivity contribution is 0.0893. The third-order valence-electron chi connectivity index (χ3n) is 4.65. The average Bonchev–Trinajstić information content (AvgIpc) is 3.14. The highest BCUT2D eigenvalue weighted by Gasteiger charge is 2.20. The minimum Gasteiger partial charge on any atom is -0.378 e. The van der Waals surface area contributed by atoms with Gasteiger partial charge in [0.15, 0.2) is 5.69 Å². The zero-order valence-electron chi connectivity index (χ0n) is 15.3. The number of benzene rings is 1. The molecular weight excluding hydrogens is 330 g/mol. The van der Waals surface area contributed by atoms with E-state index in [1.54, 1.807) is 11.6 Å². The summed E-state index contributed by atoms with van der Waals surface area (Å²) in [6, 6.07) is 10.9. The molecule has 1 amide bonds. The van der Waals surface area contributed by atoms with Crippen molar-refractivity contribution in [2.75, 3.05) is 6.61 Å². The smallest absolute Gasteiger partial charge is 0.276 e. The predicted octanol–water partition coefficient (Wildman–Crippen LogP) is 2.62. The quantitative estimate of drug-likeness (QED) is 0.864. The second-order valence-electron chi connectivity index (χ2n) is 6.83. The van der Waals surface area contributed by atoms with Gasteiger partial charge in [-0.15, -0.1) is 0 Å². The average molecular weight is 355 g/mol. The van der Waals surface area contributed by atoms with Crippen LogP contribution in [0.3, 0.4) is 0 Å². The lowest BCUT2D eigenvalue weighted by Crippen LogP contribution is -2.37. The molecule has 3 rings (SSSR count). The first-order chi connectivity index (χ1) is 12.5. The molecule has 0 unspecified atom stereocenters. The molecule has 1 saturated heterocycles. The summed E-state index contributed by atoms with van der Waals surface area (Å²) >= 11 is 0. The monoisotopic (exact) mass is 355 g/mol. The van der Waals surface area contributed by atoms with Crippen molar-refractivity contribution in [1.29, 1.82) is 0 Å². The van der Waals surface area contributed by atoms with E-state index in [0.717, 1.165) is 38.0 Å². The fourth-order valence-electron chi connectivity index (χ4n) is 3.21. The van der Waals surface area contributed by atoms with Gasteiger partial charge < -0.3 is 10.1 Å². The molecule has 26 heavy (non-hydrogen) atoms. The SMILES string of the molecule is Cc1cc(=O)c(C(=O)N[C@H](C)CC[C@@H]2CCCO2)nn1-c1ccccc1. The molecule has 1 aromatic heterocycles. The van der Waals surface area contributed by atoms with E-state index in [9.17, 15) is 9.59 Å². The number of hydrogen-bond acceptors (Lipinski definition) is 4. The van der Waals surface area contributed by atoms with Gasteiger partial charge in [0.25, 0.3) is 5.91 Å². The summed E-state index contributed by atoms with van der Waals surface area (Å²) in [5.74, 6) is -0.431. The maximum Gasteiger partial charge on any atom is 0.276 e. The summed E-state index contributed by atoms with van der Waals surface area (Å²) in [4.78, 5) is 24.8. The molecule has 0 spiro atoms. The lowest BCUT2D eigenvalue weighted by atomic mass is 10.1. The molecule has 0 aliphatic carbocycles. The van der Waals surface area contributed by atoms with E-state index in [-0.39, 0.29) is 17.2 Å². The summed E-state index contributed by atoms with van der Waals surface area (Å²) in [6.45, 7) is 4.57. The van der Waals surface area contributed by atoms with Crippen LogP contribution >= 0.6 is 0 Å². The number of ether oxygens (including phenoxy) is 1. The first kappa shape index (κ1) is 18.3. The molecule has 1 N–H and O–H groups in total. The van der Waals surface area contributed by atoms with Crippen LogP contribution in [0.4, 0.5) is 0 Å². The van der Waals surface area contributed by atoms with Gasteiger partial charge in [-0.2, -0.15) is 5.10 Å². The molecule has 0 saturated carbocycles. The van der Waals surface area contributed by atoms with Crippen molar-refractivity contribution in [3.63, 3.8) is 0 Å². The van der Waals surface area contributed by atoms with Crippen LogP contribution < -0.4 is 10.7 Å². The molecule has 0 bridgehead atoms. The van der Waals surface area contributed by atoms with Crippen molar-refractivity contribution in [3.05, 3.63) is 58.0 Å². The van der Waals surface area contributed by atoms with Crippen LogP contribution in [0.1, 0.15) is 48.8 Å². The first-order valence-electron chi connectivity index (χ1n) is 9.13. The number of nitrogens with one attached hydrogen (secondary N) is 1. The molecular formula is C20H25N3O3. The third-order valence-corrected chi connectivity index (χ3v) is 4.65. The Morgan fingerprint density at radius 3 is 2.85 bits per heavy atom. The highest BCUT2D eigenvalue weighted by molar-refractivity contribution is 5.92. The molecule has 1 aliphatic rings. The second kappa shape index (κ2) is 8.27. The number of carbonyl (C=O) groups excluding carboxylic acids is 1. The van der Waals surface area contributed by atoms with Crippen molar-refractivity contribution in [2.24, 2.45) is 0 Å². The van der Waals surface area contributed by atoms with Gasteiger partial charge in [-0.05, 0) is 51.7 Å². The molecule has 138 valence electrons. The number of amides is 1. The summed E-state index contributed by atoms with van der Waals surface area (Å²) in [5.41, 5.74) is 1.05. The van der Waals surface area contributed by atoms with E-state index in [4.69, 9.17) is 4.74 Å². The van der Waals surface area contributed by atoms with Gasteiger partial charge in [0.2, 0.25) is 5.43 Å². The minimum absolute atomic E-state index is 0.0422. The van der Waals surface area contributed by atoms with Crippen LogP contribution in [0.25, 0.3) is 5.69 Å². The number of aryl methyl sites for hydroxylation is 1. The second-order valence-corrected chi connectivity index (χ2v) is 6.83. The van der Waals surface area contributed by atoms with Crippen molar-refractivity contribution in [2.45, 2.75) is 51.7 Å². The summed E-state index contributed by atoms with van der Waals surface area (Å²) in [6.07, 6.45) is 4.22. The zero-order chi connectivity index (χ0) is 18.5. The van der Waals surface area contributed by atoms with E-state index in [2.05, 4.69) is 10.4 Å². The standard InChI is InChI=1S/C20H25N3O3/c1-14(10-11-17-9-6-12-26-17)21-20(25)19-18(24)13-15(2)23(22-19)16-7-4-3-5-8-16/h3-5,7-8,13-14,17H,6,9-12H2,1-2H3,(H,21,25)/t14-,17+/m1/s1. The Labute approximate surface area is 153 Å². The Hall–Kier alpha value is -2.47. The number of carbonyl (C=O) groups is 1. The summed E-state index contributed by atoms with van der Waals surface area (Å²) < 4.78 is 7.23. The first-order valence-corrected chi connectivity index (χ1v) is 9.13. The van der Waals surface area contributed by atoms with Gasteiger partial charge in [-0.25, -0.2) is 4.68 Å². The molecule has 1 aliphatic heterocycles. The van der Waals surface area contributed by atoms with Gasteiger partial charge in [0, 0.05) is 24.4 Å². The fourth-order valence-corrected chi connectivity index (χ4v) is 3.21. The number of nitrogens with zero attached hydrogens (tertiary/aromatic N) is 2. The lowest BCUT2D eigenvalue weighted by Gasteiger charge is -2.16. The molecule has 6 heteroatoms. The highest BCUT2D eigenvalue weighted by Crippen LogP contribution is 2.17. The molecule has 6 nitrogen and oxygen atoms in total. The molecule has 0 radical (unpaired) electrons. The number of hydrogen-bond donors (Lipinski definition) is 1. The van der Waals surface area contributed by atoms with E-state index in [1.807, 2.05) is 37.3 Å². The minimum atomic E-state index is -0.431. The Morgan fingerprint density at radius 2 is 2.15 bits per heavy atom. The van der Waals surface area contributed by atoms with Crippen molar-refractivity contribution < 1.29 is 9.53 Å². The number of rotatable bonds is 6. The third kappa shape index (κ3) is 4.38. The van der Waals surface area contributed by atoms with Gasteiger partial charge >= 0.3 is 0 Å². The van der Waals surface area contributed by atoms with Crippen molar-refractivity contribution in [3.8, 4) is 5.69 Å². The fraction of sp³-hybridized carbons (Fsp3) is 0.450. The van der Waals surface area contributed by atoms with Gasteiger partial charge in [-0.1, -0.05) is 18.2 Å². The van der Waals surface area contributed by atoms with Crippen molar-refractivity contribution >= 4 is 5.91 Å². The normalized spacial score (nSPS) is 17.8. The molecule has 2 atom stereocenters. The molecule has 1 fully saturated rings. The van der Waals surface area contributed by atoms with E-state index < -0.39 is 5.91 Å². The molecule has 1 aromatic carbocycles. The molecule has 2 heterocycles. The van der Waals surface area contributed by atoms with Gasteiger partial charge in [0.05, 0.1) is 11.8 Å². The van der Waals surface area contributed by atoms with Crippen molar-refractivity contribution in [1.82, 2.24) is 15.1 Å². The number of para-hydroxylation sites is 1. The highest BCUT2D eigenvalue weighted by atomic mass is 16.5. The summed E-state index contributed by atoms with van der Waals surface area (Å²) in [7, 11) is 0. The molecule has 2 aromatic rings.